The second kappa shape index (κ2) is 7.79. The van der Waals surface area contributed by atoms with Crippen molar-refractivity contribution in [2.75, 3.05) is 0 Å². The van der Waals surface area contributed by atoms with Gasteiger partial charge in [-0.15, -0.1) is 0 Å². The van der Waals surface area contributed by atoms with Crippen molar-refractivity contribution in [1.82, 2.24) is 9.78 Å². The molecule has 0 fully saturated rings. The van der Waals surface area contributed by atoms with E-state index in [9.17, 15) is 14.7 Å². The van der Waals surface area contributed by atoms with E-state index in [1.807, 2.05) is 13.0 Å². The second-order valence-corrected chi connectivity index (χ2v) is 4.56. The highest BCUT2D eigenvalue weighted by atomic mass is 16.4. The average molecular weight is 307 g/mol. The summed E-state index contributed by atoms with van der Waals surface area (Å²) in [6, 6.07) is 5.25. The van der Waals surface area contributed by atoms with E-state index in [1.165, 1.54) is 0 Å². The molecular weight excluding hydrogens is 290 g/mol. The summed E-state index contributed by atoms with van der Waals surface area (Å²) in [7, 11) is 0. The van der Waals surface area contributed by atoms with Crippen molar-refractivity contribution in [2.45, 2.75) is 19.5 Å². The van der Waals surface area contributed by atoms with Crippen molar-refractivity contribution < 1.29 is 24.9 Å². The number of carboxylic acids is 2. The van der Waals surface area contributed by atoms with Gasteiger partial charge in [0, 0.05) is 29.6 Å². The number of nitrogens with two attached hydrogens (primary N) is 1. The lowest BCUT2D eigenvalue weighted by Crippen LogP contribution is -2.22. The van der Waals surface area contributed by atoms with Gasteiger partial charge in [-0.1, -0.05) is 0 Å². The maximum Gasteiger partial charge on any atom is 0.328 e. The predicted molar refractivity (Wildman–Crippen MR) is 79.5 cm³/mol. The lowest BCUT2D eigenvalue weighted by atomic mass is 10.2. The van der Waals surface area contributed by atoms with Crippen molar-refractivity contribution >= 4 is 22.8 Å². The molecule has 0 radical (unpaired) electrons. The minimum Gasteiger partial charge on any atom is -0.508 e. The molecular formula is C14H17N3O5. The molecule has 1 heterocycles. The molecule has 2 rings (SSSR count). The number of nitrogens with zero attached hydrogens (tertiary/aromatic N) is 2. The number of rotatable bonds is 4. The molecule has 0 saturated heterocycles. The van der Waals surface area contributed by atoms with Crippen LogP contribution in [-0.4, -0.2) is 43.1 Å². The molecule has 8 heteroatoms. The summed E-state index contributed by atoms with van der Waals surface area (Å²) in [6.45, 7) is 2.59. The Balaban J connectivity index is 0.000000261. The minimum absolute atomic E-state index is 0.0560. The third kappa shape index (κ3) is 5.63. The molecule has 2 aromatic rings. The molecule has 0 aliphatic carbocycles. The monoisotopic (exact) mass is 307 g/mol. The Bertz CT molecular complexity index is 675. The number of carboxylic acid groups (broad SMARTS) is 2. The zero-order valence-electron chi connectivity index (χ0n) is 11.9. The van der Waals surface area contributed by atoms with Gasteiger partial charge in [-0.3, -0.25) is 4.68 Å². The molecule has 0 bridgehead atoms. The average Bonchev–Trinajstić information content (AvgIpc) is 2.79. The number of fused-ring (bicyclic) bond motifs is 1. The van der Waals surface area contributed by atoms with Crippen molar-refractivity contribution in [3.05, 3.63) is 36.5 Å². The van der Waals surface area contributed by atoms with Gasteiger partial charge in [0.15, 0.2) is 0 Å². The van der Waals surface area contributed by atoms with Gasteiger partial charge in [0.1, 0.15) is 5.75 Å². The first kappa shape index (κ1) is 17.2. The molecule has 1 aromatic heterocycles. The first-order valence-corrected chi connectivity index (χ1v) is 6.33. The van der Waals surface area contributed by atoms with Gasteiger partial charge in [-0.2, -0.15) is 5.10 Å². The zero-order valence-corrected chi connectivity index (χ0v) is 11.9. The van der Waals surface area contributed by atoms with Gasteiger partial charge in [0.05, 0.1) is 18.3 Å². The fraction of sp³-hybridized carbons (Fsp3) is 0.214. The van der Waals surface area contributed by atoms with Crippen LogP contribution in [0, 0.1) is 0 Å². The Morgan fingerprint density at radius 3 is 2.41 bits per heavy atom. The Kier molecular flexibility index (Phi) is 6.09. The molecule has 22 heavy (non-hydrogen) atoms. The number of aromatic hydroxyl groups is 1. The summed E-state index contributed by atoms with van der Waals surface area (Å²) in [6.07, 6.45) is 2.89. The van der Waals surface area contributed by atoms with Gasteiger partial charge in [0.2, 0.25) is 0 Å². The van der Waals surface area contributed by atoms with E-state index < -0.39 is 11.9 Å². The van der Waals surface area contributed by atoms with Crippen LogP contribution in [0.3, 0.4) is 0 Å². The SMILES string of the molecule is C[C@@H](N)Cn1ncc2ccc(O)cc21.O=C(O)/C=C/C(=O)O. The van der Waals surface area contributed by atoms with Crippen LogP contribution in [0.15, 0.2) is 36.5 Å². The fourth-order valence-corrected chi connectivity index (χ4v) is 1.62. The minimum atomic E-state index is -1.26. The Morgan fingerprint density at radius 1 is 1.32 bits per heavy atom. The summed E-state index contributed by atoms with van der Waals surface area (Å²) in [5, 5.41) is 30.2. The highest BCUT2D eigenvalue weighted by molar-refractivity contribution is 5.89. The maximum atomic E-state index is 9.55. The quantitative estimate of drug-likeness (QED) is 0.613. The van der Waals surface area contributed by atoms with Crippen LogP contribution < -0.4 is 5.73 Å². The van der Waals surface area contributed by atoms with Crippen LogP contribution in [0.25, 0.3) is 10.9 Å². The lowest BCUT2D eigenvalue weighted by Gasteiger charge is -2.06. The van der Waals surface area contributed by atoms with E-state index in [0.717, 1.165) is 10.9 Å². The molecule has 1 aromatic carbocycles. The van der Waals surface area contributed by atoms with E-state index in [2.05, 4.69) is 5.10 Å². The second-order valence-electron chi connectivity index (χ2n) is 4.56. The van der Waals surface area contributed by atoms with E-state index in [0.29, 0.717) is 18.7 Å². The van der Waals surface area contributed by atoms with Crippen molar-refractivity contribution in [1.29, 1.82) is 0 Å². The number of phenols is 1. The number of hydrogen-bond acceptors (Lipinski definition) is 5. The predicted octanol–water partition coefficient (Wildman–Crippen LogP) is 0.801. The first-order valence-electron chi connectivity index (χ1n) is 6.33. The Morgan fingerprint density at radius 2 is 1.91 bits per heavy atom. The van der Waals surface area contributed by atoms with E-state index >= 15 is 0 Å². The molecule has 0 aliphatic rings. The van der Waals surface area contributed by atoms with Gasteiger partial charge in [-0.25, -0.2) is 9.59 Å². The molecule has 0 aliphatic heterocycles. The third-order valence-corrected chi connectivity index (χ3v) is 2.46. The number of hydrogen-bond donors (Lipinski definition) is 4. The van der Waals surface area contributed by atoms with Crippen molar-refractivity contribution in [3.8, 4) is 5.75 Å². The maximum absolute atomic E-state index is 9.55. The summed E-state index contributed by atoms with van der Waals surface area (Å²) in [4.78, 5) is 19.1. The summed E-state index contributed by atoms with van der Waals surface area (Å²) < 4.78 is 1.81. The highest BCUT2D eigenvalue weighted by Gasteiger charge is 2.04. The molecule has 0 spiro atoms. The summed E-state index contributed by atoms with van der Waals surface area (Å²) >= 11 is 0. The molecule has 5 N–H and O–H groups in total. The van der Waals surface area contributed by atoms with Crippen LogP contribution in [0.4, 0.5) is 0 Å². The molecule has 1 atom stereocenters. The van der Waals surface area contributed by atoms with Crippen molar-refractivity contribution in [3.63, 3.8) is 0 Å². The van der Waals surface area contributed by atoms with Crippen LogP contribution >= 0.6 is 0 Å². The molecule has 118 valence electrons. The van der Waals surface area contributed by atoms with Gasteiger partial charge < -0.3 is 21.1 Å². The molecule has 0 amide bonds. The largest absolute Gasteiger partial charge is 0.508 e. The van der Waals surface area contributed by atoms with E-state index in [-0.39, 0.29) is 11.8 Å². The number of phenolic OH excluding ortho intramolecular Hbond substituents is 1. The topological polar surface area (TPSA) is 139 Å². The third-order valence-electron chi connectivity index (χ3n) is 2.46. The van der Waals surface area contributed by atoms with Crippen LogP contribution in [0.1, 0.15) is 6.92 Å². The summed E-state index contributed by atoms with van der Waals surface area (Å²) in [5.74, 6) is -2.26. The number of benzene rings is 1. The lowest BCUT2D eigenvalue weighted by molar-refractivity contribution is -0.134. The fourth-order valence-electron chi connectivity index (χ4n) is 1.62. The zero-order chi connectivity index (χ0) is 16.7. The smallest absolute Gasteiger partial charge is 0.328 e. The van der Waals surface area contributed by atoms with Crippen LogP contribution in [0.5, 0.6) is 5.75 Å². The number of aromatic nitrogens is 2. The first-order chi connectivity index (χ1) is 10.3. The molecule has 8 nitrogen and oxygen atoms in total. The standard InChI is InChI=1S/C10H13N3O.C4H4O4/c1-7(11)6-13-10-4-9(14)3-2-8(10)5-12-13;5-3(6)1-2-4(7)8/h2-5,7,14H,6,11H2,1H3;1-2H,(H,5,6)(H,7,8)/b;2-1+/t7-;/m1./s1. The van der Waals surface area contributed by atoms with Crippen LogP contribution in [-0.2, 0) is 16.1 Å². The normalized spacial score (nSPS) is 11.9. The Labute approximate surface area is 126 Å². The van der Waals surface area contributed by atoms with Crippen LogP contribution in [0.2, 0.25) is 0 Å². The Hall–Kier alpha value is -2.87. The van der Waals surface area contributed by atoms with Gasteiger partial charge in [0.25, 0.3) is 0 Å². The van der Waals surface area contributed by atoms with Crippen molar-refractivity contribution in [2.24, 2.45) is 5.73 Å². The highest BCUT2D eigenvalue weighted by Crippen LogP contribution is 2.19. The van der Waals surface area contributed by atoms with E-state index in [1.54, 1.807) is 23.0 Å². The summed E-state index contributed by atoms with van der Waals surface area (Å²) in [5.41, 5.74) is 6.61. The molecule has 0 saturated carbocycles. The van der Waals surface area contributed by atoms with Gasteiger partial charge in [-0.05, 0) is 19.1 Å². The van der Waals surface area contributed by atoms with E-state index in [4.69, 9.17) is 15.9 Å². The number of carbonyl (C=O) groups is 2. The molecule has 0 unspecified atom stereocenters. The van der Waals surface area contributed by atoms with Gasteiger partial charge >= 0.3 is 11.9 Å². The number of aliphatic carboxylic acids is 2.